The summed E-state index contributed by atoms with van der Waals surface area (Å²) in [5.41, 5.74) is 8.07. The fraction of sp³-hybridized carbons (Fsp3) is 0.214. The molecule has 0 atom stereocenters. The molecule has 0 unspecified atom stereocenters. The second kappa shape index (κ2) is 2.93. The van der Waals surface area contributed by atoms with Crippen molar-refractivity contribution in [2.45, 2.75) is 20.3 Å². The number of hydrogen-bond acceptors (Lipinski definition) is 1. The molecule has 1 aromatic carbocycles. The van der Waals surface area contributed by atoms with Crippen molar-refractivity contribution < 1.29 is 0 Å². The first-order valence-electron chi connectivity index (χ1n) is 5.30. The predicted molar refractivity (Wildman–Crippen MR) is 62.0 cm³/mol. The summed E-state index contributed by atoms with van der Waals surface area (Å²) >= 11 is 0. The Kier molecular flexibility index (Phi) is 1.69. The molecular weight excluding hydrogens is 182 g/mol. The number of fused-ring (bicyclic) bond motifs is 3. The van der Waals surface area contributed by atoms with E-state index in [-0.39, 0.29) is 0 Å². The summed E-state index contributed by atoms with van der Waals surface area (Å²) in [7, 11) is 0. The topological polar surface area (TPSA) is 12.9 Å². The summed E-state index contributed by atoms with van der Waals surface area (Å²) in [6.45, 7) is 4.36. The van der Waals surface area contributed by atoms with Gasteiger partial charge in [0.25, 0.3) is 0 Å². The van der Waals surface area contributed by atoms with Gasteiger partial charge in [-0.2, -0.15) is 0 Å². The van der Waals surface area contributed by atoms with Crippen molar-refractivity contribution in [1.29, 1.82) is 0 Å². The van der Waals surface area contributed by atoms with Crippen LogP contribution in [0, 0.1) is 13.8 Å². The molecule has 0 radical (unpaired) electrons. The molecule has 0 bridgehead atoms. The molecule has 2 aromatic rings. The van der Waals surface area contributed by atoms with Gasteiger partial charge in [-0.15, -0.1) is 0 Å². The van der Waals surface area contributed by atoms with E-state index >= 15 is 0 Å². The molecule has 1 aromatic heterocycles. The molecule has 1 aliphatic carbocycles. The van der Waals surface area contributed by atoms with Crippen LogP contribution < -0.4 is 0 Å². The van der Waals surface area contributed by atoms with Gasteiger partial charge in [-0.3, -0.25) is 4.98 Å². The van der Waals surface area contributed by atoms with E-state index in [9.17, 15) is 0 Å². The smallest absolute Gasteiger partial charge is 0.0742 e. The van der Waals surface area contributed by atoms with Gasteiger partial charge in [0.2, 0.25) is 0 Å². The highest BCUT2D eigenvalue weighted by Gasteiger charge is 2.21. The zero-order chi connectivity index (χ0) is 10.4. The van der Waals surface area contributed by atoms with E-state index in [2.05, 4.69) is 37.0 Å². The molecule has 0 spiro atoms. The van der Waals surface area contributed by atoms with E-state index in [1.165, 1.54) is 33.5 Å². The summed E-state index contributed by atoms with van der Waals surface area (Å²) < 4.78 is 0. The molecule has 0 fully saturated rings. The summed E-state index contributed by atoms with van der Waals surface area (Å²) in [6, 6.07) is 8.64. The van der Waals surface area contributed by atoms with Crippen LogP contribution in [0.4, 0.5) is 0 Å². The quantitative estimate of drug-likeness (QED) is 0.536. The molecule has 1 heteroatoms. The van der Waals surface area contributed by atoms with Crippen LogP contribution in [0.25, 0.3) is 11.3 Å². The van der Waals surface area contributed by atoms with Gasteiger partial charge in [0, 0.05) is 18.2 Å². The molecule has 0 aliphatic heterocycles. The number of aryl methyl sites for hydroxylation is 1. The summed E-state index contributed by atoms with van der Waals surface area (Å²) in [4.78, 5) is 4.50. The van der Waals surface area contributed by atoms with Crippen molar-refractivity contribution in [1.82, 2.24) is 4.98 Å². The molecule has 3 rings (SSSR count). The number of pyridine rings is 1. The normalized spacial score (nSPS) is 12.4. The van der Waals surface area contributed by atoms with E-state index in [0.29, 0.717) is 0 Å². The third kappa shape index (κ3) is 1.13. The van der Waals surface area contributed by atoms with Crippen molar-refractivity contribution in [2.75, 3.05) is 0 Å². The highest BCUT2D eigenvalue weighted by Crippen LogP contribution is 2.37. The minimum Gasteiger partial charge on any atom is -0.256 e. The fourth-order valence-electron chi connectivity index (χ4n) is 2.36. The third-order valence-electron chi connectivity index (χ3n) is 3.33. The maximum absolute atomic E-state index is 4.50. The van der Waals surface area contributed by atoms with Crippen LogP contribution in [-0.2, 0) is 6.42 Å². The molecule has 0 saturated carbocycles. The van der Waals surface area contributed by atoms with Crippen LogP contribution >= 0.6 is 0 Å². The second-order valence-corrected chi connectivity index (χ2v) is 4.23. The Labute approximate surface area is 89.8 Å². The molecule has 0 amide bonds. The van der Waals surface area contributed by atoms with Gasteiger partial charge < -0.3 is 0 Å². The van der Waals surface area contributed by atoms with Crippen molar-refractivity contribution in [2.24, 2.45) is 0 Å². The minimum atomic E-state index is 1.04. The molecule has 1 nitrogen and oxygen atoms in total. The van der Waals surface area contributed by atoms with Crippen molar-refractivity contribution in [3.63, 3.8) is 0 Å². The van der Waals surface area contributed by atoms with E-state index in [0.717, 1.165) is 6.42 Å². The largest absolute Gasteiger partial charge is 0.256 e. The fourth-order valence-corrected chi connectivity index (χ4v) is 2.36. The summed E-state index contributed by atoms with van der Waals surface area (Å²) in [6.07, 6.45) is 2.93. The van der Waals surface area contributed by atoms with Gasteiger partial charge >= 0.3 is 0 Å². The van der Waals surface area contributed by atoms with Gasteiger partial charge in [-0.05, 0) is 42.2 Å². The maximum atomic E-state index is 4.50. The Hall–Kier alpha value is -1.63. The van der Waals surface area contributed by atoms with Gasteiger partial charge in [0.05, 0.1) is 5.69 Å². The zero-order valence-corrected chi connectivity index (χ0v) is 9.04. The third-order valence-corrected chi connectivity index (χ3v) is 3.33. The lowest BCUT2D eigenvalue weighted by molar-refractivity contribution is 1.22. The van der Waals surface area contributed by atoms with Crippen LogP contribution in [0.5, 0.6) is 0 Å². The number of rotatable bonds is 0. The molecule has 0 N–H and O–H groups in total. The molecular formula is C14H13N. The lowest BCUT2D eigenvalue weighted by Gasteiger charge is -2.07. The molecule has 1 aliphatic rings. The first-order valence-corrected chi connectivity index (χ1v) is 5.30. The molecule has 1 heterocycles. The summed E-state index contributed by atoms with van der Waals surface area (Å²) in [5.74, 6) is 0. The van der Waals surface area contributed by atoms with Crippen molar-refractivity contribution in [3.8, 4) is 11.3 Å². The monoisotopic (exact) mass is 195 g/mol. The molecule has 0 saturated heterocycles. The molecule has 74 valence electrons. The van der Waals surface area contributed by atoms with E-state index in [4.69, 9.17) is 0 Å². The highest BCUT2D eigenvalue weighted by molar-refractivity contribution is 5.77. The average molecular weight is 195 g/mol. The minimum absolute atomic E-state index is 1.04. The van der Waals surface area contributed by atoms with Crippen LogP contribution in [0.15, 0.2) is 30.5 Å². The van der Waals surface area contributed by atoms with E-state index in [1.54, 1.807) is 0 Å². The standard InChI is InChI=1S/C14H13N/c1-9-5-6-11-8-12-4-3-7-15-14(12)13(11)10(9)2/h3-7H,8H2,1-2H3. The van der Waals surface area contributed by atoms with Gasteiger partial charge in [0.1, 0.15) is 0 Å². The Morgan fingerprint density at radius 1 is 1.07 bits per heavy atom. The lowest BCUT2D eigenvalue weighted by Crippen LogP contribution is -1.89. The zero-order valence-electron chi connectivity index (χ0n) is 9.04. The van der Waals surface area contributed by atoms with E-state index < -0.39 is 0 Å². The Morgan fingerprint density at radius 3 is 2.80 bits per heavy atom. The van der Waals surface area contributed by atoms with Crippen molar-refractivity contribution in [3.05, 3.63) is 52.7 Å². The van der Waals surface area contributed by atoms with E-state index in [1.807, 2.05) is 12.3 Å². The highest BCUT2D eigenvalue weighted by atomic mass is 14.7. The van der Waals surface area contributed by atoms with Gasteiger partial charge in [-0.25, -0.2) is 0 Å². The first-order chi connectivity index (χ1) is 7.27. The second-order valence-electron chi connectivity index (χ2n) is 4.23. The Bertz CT molecular complexity index is 541. The molecule has 15 heavy (non-hydrogen) atoms. The van der Waals surface area contributed by atoms with Gasteiger partial charge in [-0.1, -0.05) is 18.2 Å². The van der Waals surface area contributed by atoms with Crippen LogP contribution in [0.2, 0.25) is 0 Å². The number of hydrogen-bond donors (Lipinski definition) is 0. The Balaban J connectivity index is 2.36. The summed E-state index contributed by atoms with van der Waals surface area (Å²) in [5, 5.41) is 0. The SMILES string of the molecule is Cc1ccc2c(c1C)-c1ncccc1C2. The van der Waals surface area contributed by atoms with Crippen molar-refractivity contribution >= 4 is 0 Å². The van der Waals surface area contributed by atoms with Crippen LogP contribution in [0.3, 0.4) is 0 Å². The van der Waals surface area contributed by atoms with Gasteiger partial charge in [0.15, 0.2) is 0 Å². The number of benzene rings is 1. The number of aromatic nitrogens is 1. The van der Waals surface area contributed by atoms with Crippen LogP contribution in [0.1, 0.15) is 22.3 Å². The predicted octanol–water partition coefficient (Wildman–Crippen LogP) is 3.27. The lowest BCUT2D eigenvalue weighted by atomic mass is 9.99. The van der Waals surface area contributed by atoms with Crippen LogP contribution in [-0.4, -0.2) is 4.98 Å². The maximum Gasteiger partial charge on any atom is 0.0742 e. The number of nitrogens with zero attached hydrogens (tertiary/aromatic N) is 1. The average Bonchev–Trinajstić information content (AvgIpc) is 2.62. The first kappa shape index (κ1) is 8.66. The Morgan fingerprint density at radius 2 is 1.93 bits per heavy atom.